The van der Waals surface area contributed by atoms with Gasteiger partial charge in [0.2, 0.25) is 0 Å². The summed E-state index contributed by atoms with van der Waals surface area (Å²) in [6, 6.07) is 6.56. The quantitative estimate of drug-likeness (QED) is 0.747. The number of amides is 2. The molecule has 0 atom stereocenters. The molecule has 2 aromatic rings. The summed E-state index contributed by atoms with van der Waals surface area (Å²) >= 11 is 0.955. The second-order valence-electron chi connectivity index (χ2n) is 5.24. The smallest absolute Gasteiger partial charge is 0.327 e. The molecule has 142 valence electrons. The zero-order valence-corrected chi connectivity index (χ0v) is 16.7. The van der Waals surface area contributed by atoms with Gasteiger partial charge in [0, 0.05) is 12.7 Å². The molecule has 2 N–H and O–H groups in total. The number of carbonyl (C=O) groups excluding carboxylic acids is 1. The molecular weight excluding hydrogens is 376 g/mol. The van der Waals surface area contributed by atoms with Gasteiger partial charge in [-0.3, -0.25) is 4.90 Å². The first-order valence-electron chi connectivity index (χ1n) is 8.03. The van der Waals surface area contributed by atoms with Crippen LogP contribution in [-0.4, -0.2) is 40.1 Å². The van der Waals surface area contributed by atoms with Crippen LogP contribution in [-0.2, 0) is 16.4 Å². The average molecular weight is 399 g/mol. The van der Waals surface area contributed by atoms with Crippen LogP contribution in [0.2, 0.25) is 0 Å². The predicted molar refractivity (Wildman–Crippen MR) is 103 cm³/mol. The number of aryl methyl sites for hydroxylation is 1. The lowest BCUT2D eigenvalue weighted by atomic mass is 10.3. The lowest BCUT2D eigenvalue weighted by Gasteiger charge is -2.15. The predicted octanol–water partition coefficient (Wildman–Crippen LogP) is 2.68. The minimum absolute atomic E-state index is 0.123. The molecule has 2 amide bonds. The van der Waals surface area contributed by atoms with E-state index in [0.29, 0.717) is 35.3 Å². The fourth-order valence-electron chi connectivity index (χ4n) is 2.09. The molecule has 1 heterocycles. The second-order valence-corrected chi connectivity index (χ2v) is 8.30. The maximum atomic E-state index is 12.4. The van der Waals surface area contributed by atoms with E-state index in [1.807, 2.05) is 13.8 Å². The maximum Gasteiger partial charge on any atom is 0.327 e. The number of hydrogen-bond acceptors (Lipinski definition) is 6. The van der Waals surface area contributed by atoms with Crippen LogP contribution < -0.4 is 19.7 Å². The number of ether oxygens (including phenoxy) is 1. The van der Waals surface area contributed by atoms with Crippen LogP contribution in [0.15, 0.2) is 28.5 Å². The molecule has 0 saturated heterocycles. The number of benzene rings is 1. The van der Waals surface area contributed by atoms with Gasteiger partial charge in [0.05, 0.1) is 12.3 Å². The molecule has 2 rings (SSSR count). The third-order valence-corrected chi connectivity index (χ3v) is 6.64. The molecule has 0 radical (unpaired) electrons. The molecule has 0 saturated carbocycles. The molecule has 1 aromatic heterocycles. The van der Waals surface area contributed by atoms with Crippen LogP contribution in [0.5, 0.6) is 5.75 Å². The van der Waals surface area contributed by atoms with Gasteiger partial charge < -0.3 is 10.1 Å². The minimum Gasteiger partial charge on any atom is -0.494 e. The number of anilines is 2. The maximum absolute atomic E-state index is 12.4. The standard InChI is InChI=1S/C16H22N4O4S2/c1-5-13-14(26(22,23)17-3)25-16(19-13)20(4)15(21)18-11-7-9-12(10-8-11)24-6-2/h7-10,17H,5-6H2,1-4H3,(H,18,21). The monoisotopic (exact) mass is 398 g/mol. The fourth-order valence-corrected chi connectivity index (χ4v) is 4.54. The Morgan fingerprint density at radius 1 is 1.27 bits per heavy atom. The third-order valence-electron chi connectivity index (χ3n) is 3.51. The Bertz CT molecular complexity index is 863. The van der Waals surface area contributed by atoms with E-state index >= 15 is 0 Å². The van der Waals surface area contributed by atoms with Crippen molar-refractivity contribution in [1.29, 1.82) is 0 Å². The Labute approximate surface area is 157 Å². The summed E-state index contributed by atoms with van der Waals surface area (Å²) < 4.78 is 31.9. The Kier molecular flexibility index (Phi) is 6.57. The lowest BCUT2D eigenvalue weighted by Crippen LogP contribution is -2.31. The summed E-state index contributed by atoms with van der Waals surface area (Å²) in [5.74, 6) is 0.716. The molecule has 0 aliphatic carbocycles. The van der Waals surface area contributed by atoms with E-state index in [0.717, 1.165) is 11.3 Å². The number of rotatable bonds is 7. The van der Waals surface area contributed by atoms with E-state index in [2.05, 4.69) is 15.0 Å². The minimum atomic E-state index is -3.61. The van der Waals surface area contributed by atoms with Crippen molar-refractivity contribution in [2.75, 3.05) is 30.9 Å². The summed E-state index contributed by atoms with van der Waals surface area (Å²) in [6.45, 7) is 4.27. The molecule has 0 bridgehead atoms. The van der Waals surface area contributed by atoms with Crippen LogP contribution in [0.3, 0.4) is 0 Å². The average Bonchev–Trinajstić information content (AvgIpc) is 3.08. The number of nitrogens with zero attached hydrogens (tertiary/aromatic N) is 2. The van der Waals surface area contributed by atoms with Crippen molar-refractivity contribution in [3.05, 3.63) is 30.0 Å². The number of sulfonamides is 1. The van der Waals surface area contributed by atoms with Crippen molar-refractivity contribution in [3.63, 3.8) is 0 Å². The van der Waals surface area contributed by atoms with Crippen LogP contribution in [0.25, 0.3) is 0 Å². The highest BCUT2D eigenvalue weighted by Crippen LogP contribution is 2.30. The Hall–Kier alpha value is -2.17. The molecule has 10 heteroatoms. The first kappa shape index (κ1) is 20.1. The van der Waals surface area contributed by atoms with Crippen LogP contribution >= 0.6 is 11.3 Å². The fraction of sp³-hybridized carbons (Fsp3) is 0.375. The van der Waals surface area contributed by atoms with Crippen molar-refractivity contribution in [2.24, 2.45) is 0 Å². The van der Waals surface area contributed by atoms with E-state index in [1.165, 1.54) is 19.0 Å². The van der Waals surface area contributed by atoms with Crippen molar-refractivity contribution < 1.29 is 17.9 Å². The molecule has 1 aromatic carbocycles. The van der Waals surface area contributed by atoms with Gasteiger partial charge in [0.15, 0.2) is 9.34 Å². The summed E-state index contributed by atoms with van der Waals surface area (Å²) in [7, 11) is -0.731. The summed E-state index contributed by atoms with van der Waals surface area (Å²) in [6.07, 6.45) is 0.446. The van der Waals surface area contributed by atoms with Crippen molar-refractivity contribution in [1.82, 2.24) is 9.71 Å². The first-order chi connectivity index (χ1) is 12.3. The number of urea groups is 1. The van der Waals surface area contributed by atoms with E-state index < -0.39 is 16.1 Å². The Morgan fingerprint density at radius 3 is 2.46 bits per heavy atom. The molecule has 0 unspecified atom stereocenters. The summed E-state index contributed by atoms with van der Waals surface area (Å²) in [4.78, 5) is 18.0. The summed E-state index contributed by atoms with van der Waals surface area (Å²) in [5, 5.41) is 3.05. The van der Waals surface area contributed by atoms with Gasteiger partial charge >= 0.3 is 6.03 Å². The highest BCUT2D eigenvalue weighted by atomic mass is 32.2. The first-order valence-corrected chi connectivity index (χ1v) is 10.3. The van der Waals surface area contributed by atoms with Crippen LogP contribution in [0.1, 0.15) is 19.5 Å². The SMILES string of the molecule is CCOc1ccc(NC(=O)N(C)c2nc(CC)c(S(=O)(=O)NC)s2)cc1. The molecule has 0 aliphatic rings. The van der Waals surface area contributed by atoms with Crippen LogP contribution in [0, 0.1) is 0 Å². The van der Waals surface area contributed by atoms with Gasteiger partial charge in [-0.05, 0) is 44.7 Å². The molecule has 26 heavy (non-hydrogen) atoms. The van der Waals surface area contributed by atoms with E-state index in [9.17, 15) is 13.2 Å². The van der Waals surface area contributed by atoms with Crippen LogP contribution in [0.4, 0.5) is 15.6 Å². The zero-order valence-electron chi connectivity index (χ0n) is 15.1. The molecule has 0 aliphatic heterocycles. The largest absolute Gasteiger partial charge is 0.494 e. The highest BCUT2D eigenvalue weighted by Gasteiger charge is 2.24. The van der Waals surface area contributed by atoms with Gasteiger partial charge in [0.1, 0.15) is 5.75 Å². The van der Waals surface area contributed by atoms with Gasteiger partial charge in [-0.15, -0.1) is 0 Å². The highest BCUT2D eigenvalue weighted by molar-refractivity contribution is 7.91. The third kappa shape index (κ3) is 4.51. The molecule has 0 spiro atoms. The Balaban J connectivity index is 2.17. The topological polar surface area (TPSA) is 101 Å². The van der Waals surface area contributed by atoms with Gasteiger partial charge in [-0.1, -0.05) is 18.3 Å². The van der Waals surface area contributed by atoms with Gasteiger partial charge in [-0.25, -0.2) is 22.9 Å². The van der Waals surface area contributed by atoms with E-state index in [4.69, 9.17) is 4.74 Å². The normalized spacial score (nSPS) is 11.2. The van der Waals surface area contributed by atoms with Gasteiger partial charge in [-0.2, -0.15) is 0 Å². The Morgan fingerprint density at radius 2 is 1.92 bits per heavy atom. The van der Waals surface area contributed by atoms with Crippen molar-refractivity contribution in [2.45, 2.75) is 24.5 Å². The summed E-state index contributed by atoms with van der Waals surface area (Å²) in [5.41, 5.74) is 1.03. The number of nitrogens with one attached hydrogen (secondary N) is 2. The zero-order chi connectivity index (χ0) is 19.3. The number of aromatic nitrogens is 1. The van der Waals surface area contributed by atoms with Gasteiger partial charge in [0.25, 0.3) is 10.0 Å². The lowest BCUT2D eigenvalue weighted by molar-refractivity contribution is 0.258. The van der Waals surface area contributed by atoms with E-state index in [-0.39, 0.29) is 4.21 Å². The number of hydrogen-bond donors (Lipinski definition) is 2. The second kappa shape index (κ2) is 8.47. The molecule has 0 fully saturated rings. The van der Waals surface area contributed by atoms with Crippen molar-refractivity contribution >= 4 is 38.2 Å². The number of carbonyl (C=O) groups is 1. The number of thiazole rings is 1. The van der Waals surface area contributed by atoms with E-state index in [1.54, 1.807) is 24.3 Å². The molecular formula is C16H22N4O4S2. The van der Waals surface area contributed by atoms with Crippen molar-refractivity contribution in [3.8, 4) is 5.75 Å². The molecule has 8 nitrogen and oxygen atoms in total.